The van der Waals surface area contributed by atoms with Crippen LogP contribution in [0.1, 0.15) is 45.4 Å². The zero-order chi connectivity index (χ0) is 12.5. The highest BCUT2D eigenvalue weighted by Crippen LogP contribution is 2.15. The molecule has 3 nitrogen and oxygen atoms in total. The van der Waals surface area contributed by atoms with Crippen molar-refractivity contribution in [3.8, 4) is 0 Å². The second-order valence-electron chi connectivity index (χ2n) is 4.23. The topological polar surface area (TPSA) is 56.0 Å². The van der Waals surface area contributed by atoms with E-state index >= 15 is 0 Å². The van der Waals surface area contributed by atoms with Crippen LogP contribution in [0.15, 0.2) is 23.4 Å². The van der Waals surface area contributed by atoms with Crippen molar-refractivity contribution >= 4 is 16.5 Å². The molecule has 0 aliphatic heterocycles. The lowest BCUT2D eigenvalue weighted by atomic mass is 10.1. The lowest BCUT2D eigenvalue weighted by Gasteiger charge is -2.04. The van der Waals surface area contributed by atoms with Crippen LogP contribution >= 0.6 is 0 Å². The molecule has 96 valence electrons. The number of nitrogens with zero attached hydrogens (tertiary/aromatic N) is 1. The first kappa shape index (κ1) is 14.2. The molecule has 17 heavy (non-hydrogen) atoms. The summed E-state index contributed by atoms with van der Waals surface area (Å²) < 4.78 is 12.0. The van der Waals surface area contributed by atoms with E-state index in [0.717, 1.165) is 17.7 Å². The molecule has 2 N–H and O–H groups in total. The molecule has 0 fully saturated rings. The molecule has 0 radical (unpaired) electrons. The first-order valence-electron chi connectivity index (χ1n) is 6.33. The Kier molecular flexibility index (Phi) is 6.86. The van der Waals surface area contributed by atoms with Crippen LogP contribution in [0.25, 0.3) is 0 Å². The minimum atomic E-state index is -0.967. The first-order valence-corrected chi connectivity index (χ1v) is 7.65. The van der Waals surface area contributed by atoms with Crippen LogP contribution < -0.4 is 5.73 Å². The van der Waals surface area contributed by atoms with E-state index in [0.29, 0.717) is 11.4 Å². The molecule has 1 heterocycles. The average Bonchev–Trinajstić information content (AvgIpc) is 2.34. The van der Waals surface area contributed by atoms with E-state index in [-0.39, 0.29) is 0 Å². The second kappa shape index (κ2) is 8.23. The van der Waals surface area contributed by atoms with Crippen LogP contribution in [-0.2, 0) is 10.8 Å². The third-order valence-electron chi connectivity index (χ3n) is 2.74. The Morgan fingerprint density at radius 3 is 2.65 bits per heavy atom. The van der Waals surface area contributed by atoms with Crippen molar-refractivity contribution in [3.63, 3.8) is 0 Å². The summed E-state index contributed by atoms with van der Waals surface area (Å²) in [6, 6.07) is 1.75. The number of pyridine rings is 1. The Labute approximate surface area is 106 Å². The van der Waals surface area contributed by atoms with Crippen LogP contribution in [-0.4, -0.2) is 14.9 Å². The Hall–Kier alpha value is -0.900. The molecule has 0 saturated heterocycles. The van der Waals surface area contributed by atoms with Gasteiger partial charge in [0.25, 0.3) is 0 Å². The highest BCUT2D eigenvalue weighted by atomic mass is 32.2. The standard InChI is InChI=1S/C13H22N2OS/c1-2-3-4-5-6-7-10-17(16)13-8-9-15-11-12(13)14/h8-9,11H,2-7,10,14H2,1H3. The van der Waals surface area contributed by atoms with Crippen LogP contribution in [0.5, 0.6) is 0 Å². The number of aromatic nitrogens is 1. The molecule has 4 heteroatoms. The van der Waals surface area contributed by atoms with Gasteiger partial charge in [-0.25, -0.2) is 0 Å². The Bertz CT molecular complexity index is 355. The van der Waals surface area contributed by atoms with E-state index in [1.54, 1.807) is 18.5 Å². The van der Waals surface area contributed by atoms with Gasteiger partial charge in [-0.05, 0) is 12.5 Å². The monoisotopic (exact) mass is 254 g/mol. The maximum Gasteiger partial charge on any atom is 0.0664 e. The summed E-state index contributed by atoms with van der Waals surface area (Å²) in [6.07, 6.45) is 10.5. The van der Waals surface area contributed by atoms with Crippen molar-refractivity contribution in [2.24, 2.45) is 0 Å². The molecule has 0 bridgehead atoms. The van der Waals surface area contributed by atoms with E-state index in [1.807, 2.05) is 0 Å². The fourth-order valence-corrected chi connectivity index (χ4v) is 2.94. The summed E-state index contributed by atoms with van der Waals surface area (Å²) >= 11 is 0. The summed E-state index contributed by atoms with van der Waals surface area (Å²) in [5.41, 5.74) is 6.27. The maximum atomic E-state index is 12.0. The highest BCUT2D eigenvalue weighted by Gasteiger charge is 2.06. The third-order valence-corrected chi connectivity index (χ3v) is 4.26. The fraction of sp³-hybridized carbons (Fsp3) is 0.615. The summed E-state index contributed by atoms with van der Waals surface area (Å²) in [5.74, 6) is 0.709. The van der Waals surface area contributed by atoms with Gasteiger partial charge in [0.15, 0.2) is 0 Å². The van der Waals surface area contributed by atoms with Crippen molar-refractivity contribution < 1.29 is 4.21 Å². The fourth-order valence-electron chi connectivity index (χ4n) is 1.72. The van der Waals surface area contributed by atoms with Crippen LogP contribution in [0.2, 0.25) is 0 Å². The lowest BCUT2D eigenvalue weighted by Crippen LogP contribution is -2.02. The molecule has 0 aliphatic rings. The zero-order valence-corrected chi connectivity index (χ0v) is 11.3. The van der Waals surface area contributed by atoms with Crippen molar-refractivity contribution in [1.82, 2.24) is 4.98 Å². The molecule has 0 saturated carbocycles. The number of nitrogens with two attached hydrogens (primary N) is 1. The van der Waals surface area contributed by atoms with Gasteiger partial charge in [-0.3, -0.25) is 9.19 Å². The molecule has 1 rings (SSSR count). The molecule has 1 aromatic rings. The molecule has 0 aromatic carbocycles. The first-order chi connectivity index (χ1) is 8.25. The molecule has 0 amide bonds. The number of unbranched alkanes of at least 4 members (excludes halogenated alkanes) is 5. The smallest absolute Gasteiger partial charge is 0.0664 e. The second-order valence-corrected chi connectivity index (χ2v) is 5.77. The molecule has 0 aliphatic carbocycles. The number of rotatable bonds is 8. The Morgan fingerprint density at radius 1 is 1.24 bits per heavy atom. The predicted molar refractivity (Wildman–Crippen MR) is 73.3 cm³/mol. The Balaban J connectivity index is 2.24. The summed E-state index contributed by atoms with van der Waals surface area (Å²) in [7, 11) is -0.967. The van der Waals surface area contributed by atoms with E-state index < -0.39 is 10.8 Å². The van der Waals surface area contributed by atoms with Gasteiger partial charge >= 0.3 is 0 Å². The molecular formula is C13H22N2OS. The lowest BCUT2D eigenvalue weighted by molar-refractivity contribution is 0.622. The van der Waals surface area contributed by atoms with E-state index in [1.165, 1.54) is 25.7 Å². The van der Waals surface area contributed by atoms with Crippen molar-refractivity contribution in [1.29, 1.82) is 0 Å². The third kappa shape index (κ3) is 5.31. The van der Waals surface area contributed by atoms with E-state index in [9.17, 15) is 4.21 Å². The van der Waals surface area contributed by atoms with Gasteiger partial charge in [-0.15, -0.1) is 0 Å². The van der Waals surface area contributed by atoms with E-state index in [2.05, 4.69) is 11.9 Å². The van der Waals surface area contributed by atoms with Crippen LogP contribution in [0.4, 0.5) is 5.69 Å². The van der Waals surface area contributed by atoms with Gasteiger partial charge in [-0.1, -0.05) is 39.0 Å². The number of hydrogen-bond acceptors (Lipinski definition) is 3. The molecule has 0 spiro atoms. The zero-order valence-electron chi connectivity index (χ0n) is 10.5. The quantitative estimate of drug-likeness (QED) is 0.725. The van der Waals surface area contributed by atoms with Crippen LogP contribution in [0.3, 0.4) is 0 Å². The summed E-state index contributed by atoms with van der Waals surface area (Å²) in [6.45, 7) is 2.21. The largest absolute Gasteiger partial charge is 0.396 e. The minimum absolute atomic E-state index is 0.539. The van der Waals surface area contributed by atoms with Gasteiger partial charge in [0.2, 0.25) is 0 Å². The highest BCUT2D eigenvalue weighted by molar-refractivity contribution is 7.85. The van der Waals surface area contributed by atoms with Crippen molar-refractivity contribution in [3.05, 3.63) is 18.5 Å². The predicted octanol–water partition coefficient (Wildman–Crippen LogP) is 3.13. The van der Waals surface area contributed by atoms with Gasteiger partial charge in [-0.2, -0.15) is 0 Å². The van der Waals surface area contributed by atoms with Gasteiger partial charge in [0.1, 0.15) is 0 Å². The molecular weight excluding hydrogens is 232 g/mol. The Morgan fingerprint density at radius 2 is 1.94 bits per heavy atom. The van der Waals surface area contributed by atoms with Gasteiger partial charge in [0.05, 0.1) is 27.6 Å². The average molecular weight is 254 g/mol. The van der Waals surface area contributed by atoms with Crippen LogP contribution in [0, 0.1) is 0 Å². The SMILES string of the molecule is CCCCCCCCS(=O)c1ccncc1N. The van der Waals surface area contributed by atoms with Crippen molar-refractivity contribution in [2.75, 3.05) is 11.5 Å². The maximum absolute atomic E-state index is 12.0. The molecule has 1 unspecified atom stereocenters. The van der Waals surface area contributed by atoms with Crippen molar-refractivity contribution in [2.45, 2.75) is 50.3 Å². The number of anilines is 1. The van der Waals surface area contributed by atoms with Gasteiger partial charge < -0.3 is 5.73 Å². The molecule has 1 aromatic heterocycles. The van der Waals surface area contributed by atoms with E-state index in [4.69, 9.17) is 5.73 Å². The summed E-state index contributed by atoms with van der Waals surface area (Å²) in [5, 5.41) is 0. The number of hydrogen-bond donors (Lipinski definition) is 1. The minimum Gasteiger partial charge on any atom is -0.396 e. The molecule has 1 atom stereocenters. The normalized spacial score (nSPS) is 12.5. The van der Waals surface area contributed by atoms with Gasteiger partial charge in [0, 0.05) is 11.9 Å². The summed E-state index contributed by atoms with van der Waals surface area (Å²) in [4.78, 5) is 4.63. The number of nitrogen functional groups attached to an aromatic ring is 1.